The lowest BCUT2D eigenvalue weighted by molar-refractivity contribution is 0.135. The molecule has 0 radical (unpaired) electrons. The Morgan fingerprint density at radius 2 is 1.90 bits per heavy atom. The average molecular weight is 285 g/mol. The zero-order valence-electron chi connectivity index (χ0n) is 12.4. The van der Waals surface area contributed by atoms with Crippen molar-refractivity contribution in [2.45, 2.75) is 44.6 Å². The quantitative estimate of drug-likeness (QED) is 0.861. The summed E-state index contributed by atoms with van der Waals surface area (Å²) in [6.07, 6.45) is 8.17. The number of amides is 1. The van der Waals surface area contributed by atoms with Gasteiger partial charge in [0.15, 0.2) is 0 Å². The van der Waals surface area contributed by atoms with Gasteiger partial charge < -0.3 is 10.1 Å². The molecule has 1 spiro atoms. The van der Waals surface area contributed by atoms with Crippen molar-refractivity contribution < 1.29 is 9.53 Å². The first kappa shape index (κ1) is 14.2. The van der Waals surface area contributed by atoms with Crippen molar-refractivity contribution in [2.24, 2.45) is 5.41 Å². The Morgan fingerprint density at radius 1 is 1.29 bits per heavy atom. The Balaban J connectivity index is 1.52. The van der Waals surface area contributed by atoms with Crippen LogP contribution >= 0.6 is 0 Å². The maximum atomic E-state index is 11.6. The molecule has 3 rings (SSSR count). The van der Waals surface area contributed by atoms with Gasteiger partial charge in [-0.15, -0.1) is 0 Å². The van der Waals surface area contributed by atoms with E-state index in [-0.39, 0.29) is 18.7 Å². The van der Waals surface area contributed by atoms with E-state index in [4.69, 9.17) is 4.74 Å². The van der Waals surface area contributed by atoms with E-state index in [1.807, 2.05) is 0 Å². The number of carbonyl (C=O) groups excluding carboxylic acids is 1. The molecule has 112 valence electrons. The monoisotopic (exact) mass is 285 g/mol. The Bertz CT molecular complexity index is 503. The summed E-state index contributed by atoms with van der Waals surface area (Å²) >= 11 is 0. The topological polar surface area (TPSA) is 38.3 Å². The second-order valence-corrected chi connectivity index (χ2v) is 6.43. The van der Waals surface area contributed by atoms with Crippen molar-refractivity contribution in [3.8, 4) is 0 Å². The Morgan fingerprint density at radius 3 is 2.48 bits per heavy atom. The first-order valence-electron chi connectivity index (χ1n) is 7.82. The van der Waals surface area contributed by atoms with E-state index in [1.165, 1.54) is 36.8 Å². The van der Waals surface area contributed by atoms with Crippen LogP contribution in [0.25, 0.3) is 0 Å². The van der Waals surface area contributed by atoms with E-state index in [0.717, 1.165) is 12.8 Å². The third-order valence-electron chi connectivity index (χ3n) is 4.95. The van der Waals surface area contributed by atoms with Crippen LogP contribution in [0.15, 0.2) is 36.9 Å². The van der Waals surface area contributed by atoms with Crippen LogP contribution < -0.4 is 5.32 Å². The maximum Gasteiger partial charge on any atom is 0.407 e. The molecule has 2 aliphatic rings. The molecule has 0 aromatic heterocycles. The van der Waals surface area contributed by atoms with E-state index in [1.54, 1.807) is 6.08 Å². The van der Waals surface area contributed by atoms with Gasteiger partial charge in [-0.1, -0.05) is 36.9 Å². The molecule has 0 aliphatic heterocycles. The number of hydrogen-bond acceptors (Lipinski definition) is 2. The average Bonchev–Trinajstić information content (AvgIpc) is 2.85. The van der Waals surface area contributed by atoms with Gasteiger partial charge in [0.2, 0.25) is 0 Å². The maximum absolute atomic E-state index is 11.6. The predicted octanol–water partition coefficient (Wildman–Crippen LogP) is 3.63. The molecular weight excluding hydrogens is 262 g/mol. The van der Waals surface area contributed by atoms with E-state index in [9.17, 15) is 4.79 Å². The smallest absolute Gasteiger partial charge is 0.407 e. The molecule has 0 heterocycles. The van der Waals surface area contributed by atoms with Crippen LogP contribution in [0.2, 0.25) is 0 Å². The lowest BCUT2D eigenvalue weighted by Crippen LogP contribution is -2.41. The molecule has 0 saturated heterocycles. The minimum Gasteiger partial charge on any atom is -0.445 e. The third-order valence-corrected chi connectivity index (χ3v) is 4.95. The summed E-state index contributed by atoms with van der Waals surface area (Å²) in [4.78, 5) is 11.6. The van der Waals surface area contributed by atoms with Gasteiger partial charge in [-0.3, -0.25) is 0 Å². The van der Waals surface area contributed by atoms with E-state index < -0.39 is 0 Å². The van der Waals surface area contributed by atoms with Crippen molar-refractivity contribution in [3.05, 3.63) is 48.0 Å². The minimum absolute atomic E-state index is 0.261. The molecular formula is C18H23NO2. The summed E-state index contributed by atoms with van der Waals surface area (Å²) in [7, 11) is 0. The number of benzene rings is 1. The lowest BCUT2D eigenvalue weighted by atomic mass is 9.70. The van der Waals surface area contributed by atoms with Gasteiger partial charge in [0.05, 0.1) is 0 Å². The molecule has 21 heavy (non-hydrogen) atoms. The van der Waals surface area contributed by atoms with Crippen LogP contribution in [-0.2, 0) is 17.6 Å². The number of ether oxygens (including phenoxy) is 1. The van der Waals surface area contributed by atoms with Crippen molar-refractivity contribution in [1.82, 2.24) is 5.32 Å². The number of nitrogens with one attached hydrogen (secondary N) is 1. The molecule has 1 amide bonds. The van der Waals surface area contributed by atoms with Crippen LogP contribution in [0.5, 0.6) is 0 Å². The Kier molecular flexibility index (Phi) is 4.00. The standard InChI is InChI=1S/C18H23NO2/c1-2-11-21-17(20)19-16-7-9-18(10-8-16)12-14-5-3-4-6-15(14)13-18/h2-6,16H,1,7-13H2,(H,19,20). The second-order valence-electron chi connectivity index (χ2n) is 6.43. The van der Waals surface area contributed by atoms with Gasteiger partial charge in [-0.25, -0.2) is 4.79 Å². The van der Waals surface area contributed by atoms with Gasteiger partial charge >= 0.3 is 6.09 Å². The van der Waals surface area contributed by atoms with Crippen molar-refractivity contribution >= 4 is 6.09 Å². The molecule has 0 bridgehead atoms. The molecule has 0 atom stereocenters. The number of fused-ring (bicyclic) bond motifs is 1. The largest absolute Gasteiger partial charge is 0.445 e. The fourth-order valence-electron chi connectivity index (χ4n) is 3.84. The first-order valence-corrected chi connectivity index (χ1v) is 7.82. The number of rotatable bonds is 3. The minimum atomic E-state index is -0.314. The van der Waals surface area contributed by atoms with Gasteiger partial charge in [0, 0.05) is 6.04 Å². The van der Waals surface area contributed by atoms with E-state index in [2.05, 4.69) is 36.2 Å². The summed E-state index contributed by atoms with van der Waals surface area (Å²) in [6, 6.07) is 9.07. The van der Waals surface area contributed by atoms with Crippen molar-refractivity contribution in [2.75, 3.05) is 6.61 Å². The molecule has 0 unspecified atom stereocenters. The Hall–Kier alpha value is -1.77. The predicted molar refractivity (Wildman–Crippen MR) is 83.2 cm³/mol. The summed E-state index contributed by atoms with van der Waals surface area (Å²) in [5, 5.41) is 2.97. The molecule has 3 nitrogen and oxygen atoms in total. The summed E-state index contributed by atoms with van der Waals surface area (Å²) in [5.74, 6) is 0. The van der Waals surface area contributed by atoms with Crippen LogP contribution in [0.1, 0.15) is 36.8 Å². The van der Waals surface area contributed by atoms with Crippen LogP contribution in [0.4, 0.5) is 4.79 Å². The summed E-state index contributed by atoms with van der Waals surface area (Å²) in [5.41, 5.74) is 3.48. The highest BCUT2D eigenvalue weighted by Crippen LogP contribution is 2.47. The second kappa shape index (κ2) is 5.92. The summed E-state index contributed by atoms with van der Waals surface area (Å²) in [6.45, 7) is 3.82. The first-order chi connectivity index (χ1) is 10.2. The highest BCUT2D eigenvalue weighted by Gasteiger charge is 2.40. The number of alkyl carbamates (subject to hydrolysis) is 1. The van der Waals surface area contributed by atoms with E-state index in [0.29, 0.717) is 5.41 Å². The molecule has 1 aromatic rings. The molecule has 1 aromatic carbocycles. The molecule has 1 saturated carbocycles. The number of hydrogen-bond donors (Lipinski definition) is 1. The number of carbonyl (C=O) groups is 1. The van der Waals surface area contributed by atoms with Crippen molar-refractivity contribution in [3.63, 3.8) is 0 Å². The summed E-state index contributed by atoms with van der Waals surface area (Å²) < 4.78 is 4.99. The molecule has 2 aliphatic carbocycles. The Labute approximate surface area is 126 Å². The van der Waals surface area contributed by atoms with Gasteiger partial charge in [-0.2, -0.15) is 0 Å². The van der Waals surface area contributed by atoms with Gasteiger partial charge in [-0.05, 0) is 55.1 Å². The lowest BCUT2D eigenvalue weighted by Gasteiger charge is -2.37. The van der Waals surface area contributed by atoms with Crippen molar-refractivity contribution in [1.29, 1.82) is 0 Å². The van der Waals surface area contributed by atoms with Crippen LogP contribution in [0, 0.1) is 5.41 Å². The zero-order chi connectivity index (χ0) is 14.7. The van der Waals surface area contributed by atoms with Gasteiger partial charge in [0.25, 0.3) is 0 Å². The SMILES string of the molecule is C=CCOC(=O)NC1CCC2(CC1)Cc1ccccc1C2. The van der Waals surface area contributed by atoms with E-state index >= 15 is 0 Å². The fourth-order valence-corrected chi connectivity index (χ4v) is 3.84. The zero-order valence-corrected chi connectivity index (χ0v) is 12.4. The molecule has 1 N–H and O–H groups in total. The molecule has 3 heteroatoms. The van der Waals surface area contributed by atoms with Crippen LogP contribution in [0.3, 0.4) is 0 Å². The fraction of sp³-hybridized carbons (Fsp3) is 0.500. The normalized spacial score (nSPS) is 20.0. The highest BCUT2D eigenvalue weighted by atomic mass is 16.5. The van der Waals surface area contributed by atoms with Gasteiger partial charge in [0.1, 0.15) is 6.61 Å². The highest BCUT2D eigenvalue weighted by molar-refractivity contribution is 5.67. The van der Waals surface area contributed by atoms with Crippen LogP contribution in [-0.4, -0.2) is 18.7 Å². The third kappa shape index (κ3) is 3.12. The molecule has 1 fully saturated rings.